The van der Waals surface area contributed by atoms with Crippen molar-refractivity contribution >= 4 is 22.5 Å². The summed E-state index contributed by atoms with van der Waals surface area (Å²) in [4.78, 5) is 15.3. The topological polar surface area (TPSA) is 44.9 Å². The zero-order chi connectivity index (χ0) is 16.4. The number of aromatic amines is 1. The molecular weight excluding hydrogens is 308 g/mol. The number of nitrogens with one attached hydrogen (secondary N) is 2. The highest BCUT2D eigenvalue weighted by atomic mass is 35.5. The molecule has 0 radical (unpaired) electrons. The van der Waals surface area contributed by atoms with Gasteiger partial charge < -0.3 is 10.3 Å². The van der Waals surface area contributed by atoms with Crippen molar-refractivity contribution in [3.63, 3.8) is 0 Å². The fraction of sp³-hybridized carbons (Fsp3) is 0.211. The third-order valence-electron chi connectivity index (χ3n) is 4.22. The van der Waals surface area contributed by atoms with Gasteiger partial charge in [0.1, 0.15) is 0 Å². The summed E-state index contributed by atoms with van der Waals surface area (Å²) in [5, 5.41) is 5.08. The monoisotopic (exact) mass is 326 g/mol. The number of halogens is 1. The first kappa shape index (κ1) is 15.8. The van der Waals surface area contributed by atoms with Crippen molar-refractivity contribution < 1.29 is 0 Å². The van der Waals surface area contributed by atoms with Crippen LogP contribution in [0.1, 0.15) is 22.3 Å². The molecule has 0 aliphatic carbocycles. The van der Waals surface area contributed by atoms with Crippen LogP contribution in [-0.2, 0) is 13.1 Å². The summed E-state index contributed by atoms with van der Waals surface area (Å²) in [6.45, 7) is 5.21. The second-order valence-electron chi connectivity index (χ2n) is 5.79. The zero-order valence-electron chi connectivity index (χ0n) is 13.2. The van der Waals surface area contributed by atoms with Gasteiger partial charge in [0.25, 0.3) is 5.56 Å². The van der Waals surface area contributed by atoms with E-state index in [4.69, 9.17) is 11.6 Å². The first-order chi connectivity index (χ1) is 11.1. The number of fused-ring (bicyclic) bond motifs is 1. The van der Waals surface area contributed by atoms with Crippen molar-refractivity contribution in [3.05, 3.63) is 80.1 Å². The van der Waals surface area contributed by atoms with Crippen LogP contribution in [0.2, 0.25) is 5.02 Å². The molecule has 0 aliphatic heterocycles. The smallest absolute Gasteiger partial charge is 0.252 e. The predicted molar refractivity (Wildman–Crippen MR) is 96.0 cm³/mol. The Kier molecular flexibility index (Phi) is 4.51. The van der Waals surface area contributed by atoms with Crippen molar-refractivity contribution in [2.24, 2.45) is 0 Å². The maximum Gasteiger partial charge on any atom is 0.252 e. The van der Waals surface area contributed by atoms with Gasteiger partial charge in [-0.3, -0.25) is 4.79 Å². The van der Waals surface area contributed by atoms with E-state index in [0.29, 0.717) is 13.1 Å². The molecule has 0 unspecified atom stereocenters. The molecule has 2 N–H and O–H groups in total. The van der Waals surface area contributed by atoms with Crippen LogP contribution >= 0.6 is 11.6 Å². The Hall–Kier alpha value is -2.10. The lowest BCUT2D eigenvalue weighted by atomic mass is 10.0. The van der Waals surface area contributed by atoms with E-state index in [9.17, 15) is 4.79 Å². The van der Waals surface area contributed by atoms with Crippen LogP contribution < -0.4 is 10.9 Å². The third kappa shape index (κ3) is 3.31. The Morgan fingerprint density at radius 2 is 1.78 bits per heavy atom. The van der Waals surface area contributed by atoms with Gasteiger partial charge in [-0.1, -0.05) is 41.9 Å². The van der Waals surface area contributed by atoms with Gasteiger partial charge in [0, 0.05) is 23.7 Å². The van der Waals surface area contributed by atoms with Crippen molar-refractivity contribution in [1.82, 2.24) is 10.3 Å². The highest BCUT2D eigenvalue weighted by Crippen LogP contribution is 2.19. The number of rotatable bonds is 4. The predicted octanol–water partition coefficient (Wildman–Crippen LogP) is 4.09. The number of benzene rings is 2. The van der Waals surface area contributed by atoms with E-state index in [2.05, 4.69) is 16.4 Å². The van der Waals surface area contributed by atoms with Crippen molar-refractivity contribution in [3.8, 4) is 0 Å². The lowest BCUT2D eigenvalue weighted by Gasteiger charge is -2.09. The van der Waals surface area contributed by atoms with E-state index in [1.165, 1.54) is 5.56 Å². The molecule has 0 spiro atoms. The fourth-order valence-corrected chi connectivity index (χ4v) is 2.88. The summed E-state index contributed by atoms with van der Waals surface area (Å²) in [7, 11) is 0. The van der Waals surface area contributed by atoms with Crippen LogP contribution in [-0.4, -0.2) is 4.98 Å². The molecular formula is C19H19ClN2O. The number of pyridine rings is 1. The minimum atomic E-state index is -0.0436. The van der Waals surface area contributed by atoms with E-state index in [-0.39, 0.29) is 5.56 Å². The Labute approximate surface area is 140 Å². The number of hydrogen-bond donors (Lipinski definition) is 2. The quantitative estimate of drug-likeness (QED) is 0.758. The Balaban J connectivity index is 1.81. The maximum atomic E-state index is 12.3. The Morgan fingerprint density at radius 1 is 1.04 bits per heavy atom. The molecule has 1 heterocycles. The molecule has 0 aliphatic rings. The van der Waals surface area contributed by atoms with Gasteiger partial charge in [-0.05, 0) is 48.1 Å². The summed E-state index contributed by atoms with van der Waals surface area (Å²) in [5.41, 5.74) is 4.93. The maximum absolute atomic E-state index is 12.3. The lowest BCUT2D eigenvalue weighted by molar-refractivity contribution is 0.689. The van der Waals surface area contributed by atoms with Crippen molar-refractivity contribution in [1.29, 1.82) is 0 Å². The van der Waals surface area contributed by atoms with Crippen LogP contribution in [0, 0.1) is 13.8 Å². The van der Waals surface area contributed by atoms with E-state index < -0.39 is 0 Å². The molecule has 0 saturated carbocycles. The standard InChI is InChI=1S/C19H19ClN2O/c1-12-7-8-14-9-16(19(23)22-18(14)13(12)2)11-21-10-15-5-3-4-6-17(15)20/h3-9,21H,10-11H2,1-2H3,(H,22,23). The van der Waals surface area contributed by atoms with Crippen LogP contribution in [0.5, 0.6) is 0 Å². The van der Waals surface area contributed by atoms with Gasteiger partial charge in [-0.15, -0.1) is 0 Å². The summed E-state index contributed by atoms with van der Waals surface area (Å²) >= 11 is 6.14. The first-order valence-corrected chi connectivity index (χ1v) is 8.00. The third-order valence-corrected chi connectivity index (χ3v) is 4.59. The molecule has 118 valence electrons. The van der Waals surface area contributed by atoms with Crippen LogP contribution in [0.4, 0.5) is 0 Å². The van der Waals surface area contributed by atoms with Gasteiger partial charge >= 0.3 is 0 Å². The average molecular weight is 327 g/mol. The van der Waals surface area contributed by atoms with Crippen LogP contribution in [0.3, 0.4) is 0 Å². The molecule has 0 saturated heterocycles. The zero-order valence-corrected chi connectivity index (χ0v) is 14.0. The molecule has 4 heteroatoms. The minimum absolute atomic E-state index is 0.0436. The molecule has 1 aromatic heterocycles. The molecule has 3 rings (SSSR count). The van der Waals surface area contributed by atoms with Gasteiger partial charge in [-0.2, -0.15) is 0 Å². The molecule has 23 heavy (non-hydrogen) atoms. The van der Waals surface area contributed by atoms with Crippen LogP contribution in [0.15, 0.2) is 47.3 Å². The number of aryl methyl sites for hydroxylation is 2. The molecule has 3 nitrogen and oxygen atoms in total. The Bertz CT molecular complexity index is 915. The molecule has 2 aromatic carbocycles. The molecule has 0 bridgehead atoms. The highest BCUT2D eigenvalue weighted by Gasteiger charge is 2.06. The fourth-order valence-electron chi connectivity index (χ4n) is 2.67. The second kappa shape index (κ2) is 6.57. The van der Waals surface area contributed by atoms with Crippen LogP contribution in [0.25, 0.3) is 10.9 Å². The minimum Gasteiger partial charge on any atom is -0.321 e. The Morgan fingerprint density at radius 3 is 2.57 bits per heavy atom. The number of hydrogen-bond acceptors (Lipinski definition) is 2. The molecule has 0 fully saturated rings. The largest absolute Gasteiger partial charge is 0.321 e. The van der Waals surface area contributed by atoms with Gasteiger partial charge in [-0.25, -0.2) is 0 Å². The average Bonchev–Trinajstić information content (AvgIpc) is 2.54. The van der Waals surface area contributed by atoms with E-state index >= 15 is 0 Å². The summed E-state index contributed by atoms with van der Waals surface area (Å²) in [6.07, 6.45) is 0. The highest BCUT2D eigenvalue weighted by molar-refractivity contribution is 6.31. The van der Waals surface area contributed by atoms with Crippen molar-refractivity contribution in [2.75, 3.05) is 0 Å². The summed E-state index contributed by atoms with van der Waals surface area (Å²) in [6, 6.07) is 13.8. The first-order valence-electron chi connectivity index (χ1n) is 7.62. The van der Waals surface area contributed by atoms with E-state index in [1.54, 1.807) is 0 Å². The number of aromatic nitrogens is 1. The summed E-state index contributed by atoms with van der Waals surface area (Å²) < 4.78 is 0. The SMILES string of the molecule is Cc1ccc2cc(CNCc3ccccc3Cl)c(=O)[nH]c2c1C. The molecule has 0 atom stereocenters. The summed E-state index contributed by atoms with van der Waals surface area (Å²) in [5.74, 6) is 0. The van der Waals surface area contributed by atoms with Gasteiger partial charge in [0.05, 0.1) is 5.52 Å². The van der Waals surface area contributed by atoms with Gasteiger partial charge in [0.15, 0.2) is 0 Å². The normalized spacial score (nSPS) is 11.1. The lowest BCUT2D eigenvalue weighted by Crippen LogP contribution is -2.21. The second-order valence-corrected chi connectivity index (χ2v) is 6.20. The van der Waals surface area contributed by atoms with Crippen molar-refractivity contribution in [2.45, 2.75) is 26.9 Å². The van der Waals surface area contributed by atoms with E-state index in [1.807, 2.05) is 50.2 Å². The number of H-pyrrole nitrogens is 1. The van der Waals surface area contributed by atoms with E-state index in [0.717, 1.165) is 32.6 Å². The van der Waals surface area contributed by atoms with Gasteiger partial charge in [0.2, 0.25) is 0 Å². The molecule has 3 aromatic rings. The molecule has 0 amide bonds.